The summed E-state index contributed by atoms with van der Waals surface area (Å²) in [4.78, 5) is 27.0. The Bertz CT molecular complexity index is 656. The van der Waals surface area contributed by atoms with Crippen LogP contribution in [0.2, 0.25) is 5.02 Å². The fourth-order valence-electron chi connectivity index (χ4n) is 1.94. The van der Waals surface area contributed by atoms with Crippen LogP contribution in [0.4, 0.5) is 10.5 Å². The maximum Gasteiger partial charge on any atom is 0.319 e. The number of ketones is 1. The average Bonchev–Trinajstić information content (AvgIpc) is 2.96. The number of amides is 2. The molecule has 0 unspecified atom stereocenters. The summed E-state index contributed by atoms with van der Waals surface area (Å²) in [6.45, 7) is 2.78. The number of urea groups is 1. The van der Waals surface area contributed by atoms with Crippen LogP contribution in [0, 0.1) is 0 Å². The van der Waals surface area contributed by atoms with E-state index >= 15 is 0 Å². The topological polar surface area (TPSA) is 76.0 Å². The fraction of sp³-hybridized carbons (Fsp3) is 0.267. The van der Waals surface area contributed by atoms with Crippen molar-refractivity contribution in [2.75, 3.05) is 11.9 Å². The second-order valence-corrected chi connectivity index (χ2v) is 5.19. The Morgan fingerprint density at radius 3 is 2.82 bits per heavy atom. The molecule has 0 aliphatic carbocycles. The number of aryl methyl sites for hydroxylation is 1. The van der Waals surface area contributed by atoms with Crippen molar-refractivity contribution in [2.24, 2.45) is 0 Å². The monoisotopic (exact) mass is 320 g/mol. The third kappa shape index (κ3) is 4.60. The van der Waals surface area contributed by atoms with E-state index in [4.69, 9.17) is 11.6 Å². The fourth-order valence-corrected chi connectivity index (χ4v) is 2.25. The summed E-state index contributed by atoms with van der Waals surface area (Å²) in [6.07, 6.45) is 6.12. The average molecular weight is 321 g/mol. The Hall–Kier alpha value is -2.34. The molecule has 2 N–H and O–H groups in total. The van der Waals surface area contributed by atoms with Gasteiger partial charge in [0.25, 0.3) is 0 Å². The normalized spacial score (nSPS) is 10.3. The van der Waals surface area contributed by atoms with Gasteiger partial charge in [0.1, 0.15) is 0 Å². The Balaban J connectivity index is 1.77. The van der Waals surface area contributed by atoms with Crippen molar-refractivity contribution >= 4 is 29.1 Å². The maximum atomic E-state index is 11.8. The van der Waals surface area contributed by atoms with Crippen molar-refractivity contribution in [3.8, 4) is 0 Å². The highest BCUT2D eigenvalue weighted by atomic mass is 35.5. The Morgan fingerprint density at radius 2 is 2.18 bits per heavy atom. The number of carbonyl (C=O) groups is 2. The number of benzene rings is 1. The van der Waals surface area contributed by atoms with Gasteiger partial charge in [-0.3, -0.25) is 4.79 Å². The second kappa shape index (κ2) is 7.61. The minimum absolute atomic E-state index is 0.111. The van der Waals surface area contributed by atoms with Crippen LogP contribution in [0.3, 0.4) is 0 Å². The number of hydrogen-bond donors (Lipinski definition) is 2. The summed E-state index contributed by atoms with van der Waals surface area (Å²) in [5.41, 5.74) is 0.982. The molecule has 1 aromatic heterocycles. The molecule has 1 aromatic carbocycles. The van der Waals surface area contributed by atoms with Crippen LogP contribution in [0.1, 0.15) is 23.7 Å². The Kier molecular flexibility index (Phi) is 5.55. The van der Waals surface area contributed by atoms with E-state index in [0.29, 0.717) is 22.8 Å². The number of hydrogen-bond acceptors (Lipinski definition) is 3. The molecule has 2 aromatic rings. The molecular weight excluding hydrogens is 304 g/mol. The van der Waals surface area contributed by atoms with Crippen molar-refractivity contribution in [3.63, 3.8) is 0 Å². The van der Waals surface area contributed by atoms with Gasteiger partial charge in [0, 0.05) is 36.7 Å². The number of Topliss-reactive ketones (excluding diaryl/α,β-unsaturated/α-hetero) is 1. The number of aromatic nitrogens is 2. The Labute approximate surface area is 133 Å². The summed E-state index contributed by atoms with van der Waals surface area (Å²) in [7, 11) is 0. The molecule has 0 aliphatic rings. The van der Waals surface area contributed by atoms with Gasteiger partial charge in [-0.2, -0.15) is 0 Å². The van der Waals surface area contributed by atoms with E-state index in [9.17, 15) is 9.59 Å². The summed E-state index contributed by atoms with van der Waals surface area (Å²) in [5.74, 6) is -0.111. The van der Waals surface area contributed by atoms with E-state index in [1.54, 1.807) is 30.7 Å². The smallest absolute Gasteiger partial charge is 0.319 e. The van der Waals surface area contributed by atoms with Crippen molar-refractivity contribution in [1.82, 2.24) is 14.9 Å². The van der Waals surface area contributed by atoms with Gasteiger partial charge in [-0.15, -0.1) is 0 Å². The molecule has 1 heterocycles. The van der Waals surface area contributed by atoms with E-state index in [2.05, 4.69) is 15.6 Å². The molecule has 2 rings (SSSR count). The van der Waals surface area contributed by atoms with Crippen molar-refractivity contribution < 1.29 is 9.59 Å². The van der Waals surface area contributed by atoms with Gasteiger partial charge >= 0.3 is 6.03 Å². The number of anilines is 1. The molecule has 22 heavy (non-hydrogen) atoms. The first-order valence-electron chi connectivity index (χ1n) is 6.87. The minimum atomic E-state index is -0.308. The number of nitrogens with zero attached hydrogens (tertiary/aromatic N) is 2. The van der Waals surface area contributed by atoms with Crippen LogP contribution >= 0.6 is 11.6 Å². The first kappa shape index (κ1) is 16.0. The van der Waals surface area contributed by atoms with Crippen LogP contribution in [0.5, 0.6) is 0 Å². The van der Waals surface area contributed by atoms with E-state index in [0.717, 1.165) is 13.0 Å². The molecule has 0 saturated carbocycles. The molecule has 0 radical (unpaired) electrons. The maximum absolute atomic E-state index is 11.8. The predicted molar refractivity (Wildman–Crippen MR) is 85.3 cm³/mol. The summed E-state index contributed by atoms with van der Waals surface area (Å²) < 4.78 is 1.94. The van der Waals surface area contributed by atoms with Crippen molar-refractivity contribution in [1.29, 1.82) is 0 Å². The molecular formula is C15H17ClN4O2. The number of halogens is 1. The highest BCUT2D eigenvalue weighted by Gasteiger charge is 2.07. The molecule has 0 aliphatic heterocycles. The third-order valence-electron chi connectivity index (χ3n) is 3.04. The van der Waals surface area contributed by atoms with Gasteiger partial charge in [0.05, 0.1) is 11.3 Å². The lowest BCUT2D eigenvalue weighted by molar-refractivity contribution is 0.101. The van der Waals surface area contributed by atoms with Crippen LogP contribution in [0.15, 0.2) is 36.9 Å². The van der Waals surface area contributed by atoms with Gasteiger partial charge in [0.15, 0.2) is 5.78 Å². The largest absolute Gasteiger partial charge is 0.338 e. The van der Waals surface area contributed by atoms with Crippen molar-refractivity contribution in [2.45, 2.75) is 19.9 Å². The SMILES string of the molecule is CC(=O)c1ccc(NC(=O)NCCCn2ccnc2)cc1Cl. The van der Waals surface area contributed by atoms with Crippen LogP contribution < -0.4 is 10.6 Å². The zero-order valence-corrected chi connectivity index (χ0v) is 12.9. The van der Waals surface area contributed by atoms with E-state index in [1.165, 1.54) is 6.92 Å². The summed E-state index contributed by atoms with van der Waals surface area (Å²) >= 11 is 5.99. The lowest BCUT2D eigenvalue weighted by Gasteiger charge is -2.09. The summed E-state index contributed by atoms with van der Waals surface area (Å²) in [6, 6.07) is 4.49. The molecule has 6 nitrogen and oxygen atoms in total. The molecule has 0 bridgehead atoms. The quantitative estimate of drug-likeness (QED) is 0.634. The van der Waals surface area contributed by atoms with Gasteiger partial charge in [-0.05, 0) is 31.5 Å². The predicted octanol–water partition coefficient (Wildman–Crippen LogP) is 2.95. The molecule has 0 saturated heterocycles. The van der Waals surface area contributed by atoms with Crippen molar-refractivity contribution in [3.05, 3.63) is 47.5 Å². The molecule has 116 valence electrons. The lowest BCUT2D eigenvalue weighted by Crippen LogP contribution is -2.30. The molecule has 0 fully saturated rings. The van der Waals surface area contributed by atoms with Crippen LogP contribution in [-0.2, 0) is 6.54 Å². The zero-order valence-electron chi connectivity index (χ0n) is 12.2. The third-order valence-corrected chi connectivity index (χ3v) is 3.36. The second-order valence-electron chi connectivity index (χ2n) is 4.79. The number of rotatable bonds is 6. The lowest BCUT2D eigenvalue weighted by atomic mass is 10.1. The van der Waals surface area contributed by atoms with E-state index in [1.807, 2.05) is 10.8 Å². The van der Waals surface area contributed by atoms with E-state index < -0.39 is 0 Å². The van der Waals surface area contributed by atoms with Crippen LogP contribution in [0.25, 0.3) is 0 Å². The van der Waals surface area contributed by atoms with Gasteiger partial charge in [-0.1, -0.05) is 11.6 Å². The first-order valence-corrected chi connectivity index (χ1v) is 7.25. The zero-order chi connectivity index (χ0) is 15.9. The highest BCUT2D eigenvalue weighted by Crippen LogP contribution is 2.21. The first-order chi connectivity index (χ1) is 10.6. The van der Waals surface area contributed by atoms with E-state index in [-0.39, 0.29) is 11.8 Å². The minimum Gasteiger partial charge on any atom is -0.338 e. The highest BCUT2D eigenvalue weighted by molar-refractivity contribution is 6.34. The van der Waals surface area contributed by atoms with Gasteiger partial charge < -0.3 is 15.2 Å². The standard InChI is InChI=1S/C15H17ClN4O2/c1-11(21)13-4-3-12(9-14(13)16)19-15(22)18-5-2-7-20-8-6-17-10-20/h3-4,6,8-10H,2,5,7H2,1H3,(H2,18,19,22). The molecule has 0 atom stereocenters. The number of carbonyl (C=O) groups excluding carboxylic acids is 2. The van der Waals surface area contributed by atoms with Gasteiger partial charge in [-0.25, -0.2) is 9.78 Å². The Morgan fingerprint density at radius 1 is 1.36 bits per heavy atom. The molecule has 7 heteroatoms. The number of nitrogens with one attached hydrogen (secondary N) is 2. The summed E-state index contributed by atoms with van der Waals surface area (Å²) in [5, 5.41) is 5.76. The van der Waals surface area contributed by atoms with Crippen LogP contribution in [-0.4, -0.2) is 27.9 Å². The molecule has 2 amide bonds. The number of imidazole rings is 1. The molecule has 0 spiro atoms. The van der Waals surface area contributed by atoms with Gasteiger partial charge in [0.2, 0.25) is 0 Å².